The SMILES string of the molecule is CC(C)(C)OC(=O)N1C[C@H](N)C[C@@H]1CN. The van der Waals surface area contributed by atoms with Crippen molar-refractivity contribution in [2.75, 3.05) is 13.1 Å². The highest BCUT2D eigenvalue weighted by atomic mass is 16.6. The Balaban J connectivity index is 2.59. The van der Waals surface area contributed by atoms with E-state index in [-0.39, 0.29) is 18.2 Å². The van der Waals surface area contributed by atoms with Crippen molar-refractivity contribution in [2.24, 2.45) is 11.5 Å². The summed E-state index contributed by atoms with van der Waals surface area (Å²) in [6.07, 6.45) is 0.446. The lowest BCUT2D eigenvalue weighted by atomic mass is 10.2. The van der Waals surface area contributed by atoms with Gasteiger partial charge in [-0.3, -0.25) is 0 Å². The minimum Gasteiger partial charge on any atom is -0.444 e. The Labute approximate surface area is 90.7 Å². The molecule has 4 N–H and O–H groups in total. The second kappa shape index (κ2) is 4.37. The minimum atomic E-state index is -0.469. The Kier molecular flexibility index (Phi) is 3.57. The third-order valence-electron chi connectivity index (χ3n) is 2.35. The molecule has 1 fully saturated rings. The number of nitrogens with two attached hydrogens (primary N) is 2. The van der Waals surface area contributed by atoms with Crippen LogP contribution in [0.15, 0.2) is 0 Å². The molecule has 1 heterocycles. The third-order valence-corrected chi connectivity index (χ3v) is 2.35. The molecule has 15 heavy (non-hydrogen) atoms. The average molecular weight is 215 g/mol. The van der Waals surface area contributed by atoms with E-state index in [2.05, 4.69) is 0 Å². The van der Waals surface area contributed by atoms with Crippen LogP contribution in [0.1, 0.15) is 27.2 Å². The largest absolute Gasteiger partial charge is 0.444 e. The van der Waals surface area contributed by atoms with Gasteiger partial charge in [0, 0.05) is 25.2 Å². The zero-order valence-electron chi connectivity index (χ0n) is 9.69. The van der Waals surface area contributed by atoms with Gasteiger partial charge in [-0.05, 0) is 27.2 Å². The Hall–Kier alpha value is -0.810. The van der Waals surface area contributed by atoms with Gasteiger partial charge in [-0.1, -0.05) is 0 Å². The lowest BCUT2D eigenvalue weighted by Crippen LogP contribution is -2.43. The summed E-state index contributed by atoms with van der Waals surface area (Å²) in [5, 5.41) is 0. The Morgan fingerprint density at radius 3 is 2.60 bits per heavy atom. The van der Waals surface area contributed by atoms with Crippen LogP contribution in [0.3, 0.4) is 0 Å². The van der Waals surface area contributed by atoms with Gasteiger partial charge >= 0.3 is 6.09 Å². The van der Waals surface area contributed by atoms with E-state index in [1.54, 1.807) is 4.90 Å². The molecule has 0 radical (unpaired) electrons. The van der Waals surface area contributed by atoms with E-state index in [4.69, 9.17) is 16.2 Å². The van der Waals surface area contributed by atoms with Crippen molar-refractivity contribution in [2.45, 2.75) is 44.9 Å². The van der Waals surface area contributed by atoms with E-state index in [1.807, 2.05) is 20.8 Å². The molecule has 5 heteroatoms. The lowest BCUT2D eigenvalue weighted by molar-refractivity contribution is 0.0230. The number of carbonyl (C=O) groups excluding carboxylic acids is 1. The van der Waals surface area contributed by atoms with Crippen LogP contribution in [0.2, 0.25) is 0 Å². The maximum absolute atomic E-state index is 11.8. The van der Waals surface area contributed by atoms with Crippen LogP contribution in [0, 0.1) is 0 Å². The number of likely N-dealkylation sites (tertiary alicyclic amines) is 1. The first-order valence-corrected chi connectivity index (χ1v) is 5.28. The Morgan fingerprint density at radius 1 is 1.53 bits per heavy atom. The number of carbonyl (C=O) groups is 1. The molecule has 0 aliphatic carbocycles. The molecule has 0 aromatic rings. The van der Waals surface area contributed by atoms with Gasteiger partial charge in [0.05, 0.1) is 0 Å². The van der Waals surface area contributed by atoms with E-state index in [0.717, 1.165) is 6.42 Å². The fourth-order valence-corrected chi connectivity index (χ4v) is 1.72. The van der Waals surface area contributed by atoms with Gasteiger partial charge in [0.25, 0.3) is 0 Å². The van der Waals surface area contributed by atoms with Gasteiger partial charge in [-0.15, -0.1) is 0 Å². The van der Waals surface area contributed by atoms with Gasteiger partial charge in [0.2, 0.25) is 0 Å². The van der Waals surface area contributed by atoms with E-state index in [9.17, 15) is 4.79 Å². The molecular formula is C10H21N3O2. The van der Waals surface area contributed by atoms with Crippen LogP contribution in [-0.2, 0) is 4.74 Å². The van der Waals surface area contributed by atoms with Crippen molar-refractivity contribution >= 4 is 6.09 Å². The molecule has 1 amide bonds. The fourth-order valence-electron chi connectivity index (χ4n) is 1.72. The summed E-state index contributed by atoms with van der Waals surface area (Å²) < 4.78 is 5.28. The highest BCUT2D eigenvalue weighted by Crippen LogP contribution is 2.19. The van der Waals surface area contributed by atoms with Crippen molar-refractivity contribution in [3.63, 3.8) is 0 Å². The van der Waals surface area contributed by atoms with Gasteiger partial charge in [-0.25, -0.2) is 4.79 Å². The number of hydrogen-bond acceptors (Lipinski definition) is 4. The molecule has 0 saturated carbocycles. The molecule has 1 saturated heterocycles. The first-order chi connectivity index (χ1) is 6.83. The van der Waals surface area contributed by atoms with E-state index in [0.29, 0.717) is 13.1 Å². The number of hydrogen-bond donors (Lipinski definition) is 2. The lowest BCUT2D eigenvalue weighted by Gasteiger charge is -2.27. The quantitative estimate of drug-likeness (QED) is 0.658. The summed E-state index contributed by atoms with van der Waals surface area (Å²) in [6, 6.07) is 0.0425. The minimum absolute atomic E-state index is 0.0195. The number of ether oxygens (including phenoxy) is 1. The summed E-state index contributed by atoms with van der Waals surface area (Å²) in [7, 11) is 0. The third kappa shape index (κ3) is 3.35. The molecule has 1 aliphatic rings. The summed E-state index contributed by atoms with van der Waals surface area (Å²) in [5.41, 5.74) is 10.9. The van der Waals surface area contributed by atoms with Gasteiger partial charge < -0.3 is 21.1 Å². The summed E-state index contributed by atoms with van der Waals surface area (Å²) >= 11 is 0. The normalized spacial score (nSPS) is 26.9. The van der Waals surface area contributed by atoms with Crippen LogP contribution in [0.25, 0.3) is 0 Å². The van der Waals surface area contributed by atoms with Crippen LogP contribution < -0.4 is 11.5 Å². The van der Waals surface area contributed by atoms with Crippen LogP contribution in [-0.4, -0.2) is 41.8 Å². The second-order valence-electron chi connectivity index (χ2n) is 5.02. The molecule has 0 bridgehead atoms. The van der Waals surface area contributed by atoms with E-state index >= 15 is 0 Å². The van der Waals surface area contributed by atoms with Crippen molar-refractivity contribution < 1.29 is 9.53 Å². The Morgan fingerprint density at radius 2 is 2.13 bits per heavy atom. The molecule has 0 aromatic carbocycles. The number of amides is 1. The van der Waals surface area contributed by atoms with Gasteiger partial charge in [0.15, 0.2) is 0 Å². The number of rotatable bonds is 1. The molecule has 0 spiro atoms. The van der Waals surface area contributed by atoms with E-state index in [1.165, 1.54) is 0 Å². The zero-order chi connectivity index (χ0) is 11.6. The Bertz CT molecular complexity index is 237. The monoisotopic (exact) mass is 215 g/mol. The smallest absolute Gasteiger partial charge is 0.410 e. The zero-order valence-corrected chi connectivity index (χ0v) is 9.69. The van der Waals surface area contributed by atoms with Crippen molar-refractivity contribution in [1.82, 2.24) is 4.90 Å². The van der Waals surface area contributed by atoms with Crippen molar-refractivity contribution in [1.29, 1.82) is 0 Å². The van der Waals surface area contributed by atoms with Crippen LogP contribution in [0.5, 0.6) is 0 Å². The molecular weight excluding hydrogens is 194 g/mol. The molecule has 1 aliphatic heterocycles. The standard InChI is InChI=1S/C10H21N3O2/c1-10(2,3)15-9(14)13-6-7(12)4-8(13)5-11/h7-8H,4-6,11-12H2,1-3H3/t7-,8-/m1/s1. The summed E-state index contributed by atoms with van der Waals surface area (Å²) in [4.78, 5) is 13.4. The van der Waals surface area contributed by atoms with Gasteiger partial charge in [0.1, 0.15) is 5.60 Å². The highest BCUT2D eigenvalue weighted by molar-refractivity contribution is 5.69. The summed E-state index contributed by atoms with van der Waals surface area (Å²) in [6.45, 7) is 6.51. The number of nitrogens with zero attached hydrogens (tertiary/aromatic N) is 1. The molecule has 2 atom stereocenters. The first kappa shape index (κ1) is 12.3. The molecule has 0 aromatic heterocycles. The second-order valence-corrected chi connectivity index (χ2v) is 5.02. The van der Waals surface area contributed by atoms with E-state index < -0.39 is 5.60 Å². The maximum atomic E-state index is 11.8. The predicted molar refractivity (Wildman–Crippen MR) is 58.4 cm³/mol. The van der Waals surface area contributed by atoms with Crippen LogP contribution >= 0.6 is 0 Å². The maximum Gasteiger partial charge on any atom is 0.410 e. The molecule has 0 unspecified atom stereocenters. The molecule has 5 nitrogen and oxygen atoms in total. The summed E-state index contributed by atoms with van der Waals surface area (Å²) in [5.74, 6) is 0. The topological polar surface area (TPSA) is 81.6 Å². The van der Waals surface area contributed by atoms with Crippen molar-refractivity contribution in [3.8, 4) is 0 Å². The predicted octanol–water partition coefficient (Wildman–Crippen LogP) is 0.282. The molecule has 88 valence electrons. The first-order valence-electron chi connectivity index (χ1n) is 5.28. The van der Waals surface area contributed by atoms with Gasteiger partial charge in [-0.2, -0.15) is 0 Å². The van der Waals surface area contributed by atoms with Crippen molar-refractivity contribution in [3.05, 3.63) is 0 Å². The highest BCUT2D eigenvalue weighted by Gasteiger charge is 2.34. The fraction of sp³-hybridized carbons (Fsp3) is 0.900. The van der Waals surface area contributed by atoms with Crippen LogP contribution in [0.4, 0.5) is 4.79 Å². The molecule has 1 rings (SSSR count). The average Bonchev–Trinajstić information content (AvgIpc) is 2.43.